The van der Waals surface area contributed by atoms with Crippen molar-refractivity contribution in [3.8, 4) is 0 Å². The molecular weight excluding hydrogens is 342 g/mol. The molecule has 2 N–H and O–H groups in total. The van der Waals surface area contributed by atoms with Crippen molar-refractivity contribution in [1.29, 1.82) is 0 Å². The first-order chi connectivity index (χ1) is 12.0. The van der Waals surface area contributed by atoms with Gasteiger partial charge in [-0.1, -0.05) is 11.6 Å². The van der Waals surface area contributed by atoms with E-state index in [1.54, 1.807) is 17.0 Å². The average molecular weight is 364 g/mol. The topological polar surface area (TPSA) is 71.4 Å². The molecule has 25 heavy (non-hydrogen) atoms. The highest BCUT2D eigenvalue weighted by atomic mass is 35.5. The highest BCUT2D eigenvalue weighted by molar-refractivity contribution is 6.30. The molecule has 0 aromatic heterocycles. The third-order valence-corrected chi connectivity index (χ3v) is 4.43. The lowest BCUT2D eigenvalue weighted by molar-refractivity contribution is 0.193. The van der Waals surface area contributed by atoms with Gasteiger partial charge in [0, 0.05) is 29.5 Å². The Morgan fingerprint density at radius 2 is 2.08 bits per heavy atom. The van der Waals surface area contributed by atoms with E-state index in [2.05, 4.69) is 29.1 Å². The van der Waals surface area contributed by atoms with E-state index < -0.39 is 0 Å². The Labute approximate surface area is 152 Å². The molecule has 2 heterocycles. The van der Waals surface area contributed by atoms with Crippen LogP contribution in [0.15, 0.2) is 41.3 Å². The van der Waals surface area contributed by atoms with E-state index in [0.29, 0.717) is 42.5 Å². The number of benzene rings is 1. The number of carbonyl (C=O) groups is 1. The molecule has 7 nitrogen and oxygen atoms in total. The predicted octanol–water partition coefficient (Wildman–Crippen LogP) is 2.04. The van der Waals surface area contributed by atoms with Gasteiger partial charge in [-0.3, -0.25) is 10.2 Å². The summed E-state index contributed by atoms with van der Waals surface area (Å²) in [5.41, 5.74) is 0.905. The molecule has 8 heteroatoms. The molecule has 0 spiro atoms. The van der Waals surface area contributed by atoms with Gasteiger partial charge in [0.2, 0.25) is 0 Å². The molecule has 2 aliphatic rings. The first kappa shape index (κ1) is 17.6. The summed E-state index contributed by atoms with van der Waals surface area (Å²) in [6.07, 6.45) is 1.90. The van der Waals surface area contributed by atoms with Crippen molar-refractivity contribution >= 4 is 29.2 Å². The van der Waals surface area contributed by atoms with Crippen LogP contribution in [0.5, 0.6) is 0 Å². The van der Waals surface area contributed by atoms with E-state index in [1.165, 1.54) is 0 Å². The number of aliphatic hydroxyl groups is 1. The van der Waals surface area contributed by atoms with Crippen LogP contribution in [-0.4, -0.2) is 59.2 Å². The highest BCUT2D eigenvalue weighted by Gasteiger charge is 2.32. The molecule has 134 valence electrons. The fourth-order valence-electron chi connectivity index (χ4n) is 2.75. The van der Waals surface area contributed by atoms with Crippen molar-refractivity contribution < 1.29 is 9.90 Å². The Morgan fingerprint density at radius 3 is 2.72 bits per heavy atom. The summed E-state index contributed by atoms with van der Waals surface area (Å²) < 4.78 is 0. The zero-order chi connectivity index (χ0) is 18.0. The molecule has 0 fully saturated rings. The lowest BCUT2D eigenvalue weighted by Gasteiger charge is -2.29. The van der Waals surface area contributed by atoms with Gasteiger partial charge < -0.3 is 14.9 Å². The average Bonchev–Trinajstić information content (AvgIpc) is 3.00. The number of urea groups is 1. The molecule has 0 unspecified atom stereocenters. The van der Waals surface area contributed by atoms with Crippen LogP contribution in [0.25, 0.3) is 0 Å². The van der Waals surface area contributed by atoms with Gasteiger partial charge in [-0.05, 0) is 38.1 Å². The summed E-state index contributed by atoms with van der Waals surface area (Å²) in [6, 6.07) is 7.47. The summed E-state index contributed by atoms with van der Waals surface area (Å²) in [5, 5.41) is 12.8. The van der Waals surface area contributed by atoms with Crippen molar-refractivity contribution in [3.05, 3.63) is 41.3 Å². The monoisotopic (exact) mass is 363 g/mol. The van der Waals surface area contributed by atoms with Crippen molar-refractivity contribution in [2.45, 2.75) is 19.9 Å². The number of anilines is 1. The number of hydrogen-bond acceptors (Lipinski definition) is 5. The number of halogens is 1. The van der Waals surface area contributed by atoms with Crippen LogP contribution in [0.1, 0.15) is 13.8 Å². The van der Waals surface area contributed by atoms with Gasteiger partial charge in [0.1, 0.15) is 12.5 Å². The number of amides is 2. The minimum Gasteiger partial charge on any atom is -0.395 e. The Hall–Kier alpha value is -2.25. The van der Waals surface area contributed by atoms with Crippen molar-refractivity contribution in [2.24, 2.45) is 4.99 Å². The Kier molecular flexibility index (Phi) is 5.15. The molecule has 0 saturated carbocycles. The van der Waals surface area contributed by atoms with E-state index in [0.717, 1.165) is 5.69 Å². The van der Waals surface area contributed by atoms with Gasteiger partial charge in [-0.15, -0.1) is 0 Å². The molecule has 0 aliphatic carbocycles. The highest BCUT2D eigenvalue weighted by Crippen LogP contribution is 2.23. The van der Waals surface area contributed by atoms with Crippen molar-refractivity contribution in [2.75, 3.05) is 31.3 Å². The van der Waals surface area contributed by atoms with Gasteiger partial charge in [0.05, 0.1) is 13.2 Å². The number of hydrogen-bond donors (Lipinski definition) is 2. The Morgan fingerprint density at radius 1 is 1.36 bits per heavy atom. The molecule has 1 aromatic rings. The van der Waals surface area contributed by atoms with E-state index >= 15 is 0 Å². The second-order valence-corrected chi connectivity index (χ2v) is 6.71. The zero-order valence-electron chi connectivity index (χ0n) is 14.3. The van der Waals surface area contributed by atoms with Crippen LogP contribution in [-0.2, 0) is 0 Å². The molecule has 1 aromatic carbocycles. The van der Waals surface area contributed by atoms with Crippen LogP contribution < -0.4 is 10.2 Å². The van der Waals surface area contributed by atoms with Crippen LogP contribution in [0.4, 0.5) is 10.5 Å². The SMILES string of the molecule is CC(C)N1C=C2N=C(CN(CCO)c3ccc(Cl)cc3)NC(=O)N2C1. The van der Waals surface area contributed by atoms with Gasteiger partial charge in [-0.2, -0.15) is 0 Å². The molecule has 0 radical (unpaired) electrons. The number of aliphatic hydroxyl groups excluding tert-OH is 1. The third-order valence-electron chi connectivity index (χ3n) is 4.17. The smallest absolute Gasteiger partial charge is 0.330 e. The molecular formula is C17H22ClN5O2. The number of nitrogens with one attached hydrogen (secondary N) is 1. The van der Waals surface area contributed by atoms with Crippen LogP contribution >= 0.6 is 11.6 Å². The molecule has 2 aliphatic heterocycles. The summed E-state index contributed by atoms with van der Waals surface area (Å²) >= 11 is 5.94. The first-order valence-corrected chi connectivity index (χ1v) is 8.60. The summed E-state index contributed by atoms with van der Waals surface area (Å²) in [6.45, 7) is 5.47. The standard InChI is InChI=1S/C17H22ClN5O2/c1-12(2)22-10-16-19-15(20-17(25)23(16)11-22)9-21(7-8-24)14-5-3-13(18)4-6-14/h3-6,10,12,24H,7-9,11H2,1-2H3,(H,19,20,25). The maximum absolute atomic E-state index is 12.4. The van der Waals surface area contributed by atoms with Gasteiger partial charge in [-0.25, -0.2) is 9.79 Å². The van der Waals surface area contributed by atoms with Crippen LogP contribution in [0, 0.1) is 0 Å². The lowest BCUT2D eigenvalue weighted by atomic mass is 10.2. The zero-order valence-corrected chi connectivity index (χ0v) is 15.1. The van der Waals surface area contributed by atoms with E-state index in [9.17, 15) is 9.90 Å². The number of carbonyl (C=O) groups excluding carboxylic acids is 1. The van der Waals surface area contributed by atoms with Crippen molar-refractivity contribution in [3.63, 3.8) is 0 Å². The number of rotatable bonds is 6. The quantitative estimate of drug-likeness (QED) is 0.811. The van der Waals surface area contributed by atoms with Crippen LogP contribution in [0.3, 0.4) is 0 Å². The second kappa shape index (κ2) is 7.33. The molecule has 3 rings (SSSR count). The third kappa shape index (κ3) is 3.88. The number of nitrogens with zero attached hydrogens (tertiary/aromatic N) is 4. The van der Waals surface area contributed by atoms with E-state index in [1.807, 2.05) is 23.2 Å². The summed E-state index contributed by atoms with van der Waals surface area (Å²) in [5.74, 6) is 1.20. The molecule has 0 atom stereocenters. The van der Waals surface area contributed by atoms with Crippen molar-refractivity contribution in [1.82, 2.24) is 15.1 Å². The maximum atomic E-state index is 12.4. The van der Waals surface area contributed by atoms with Gasteiger partial charge >= 0.3 is 6.03 Å². The largest absolute Gasteiger partial charge is 0.395 e. The normalized spacial score (nSPS) is 16.6. The lowest BCUT2D eigenvalue weighted by Crippen LogP contribution is -2.50. The first-order valence-electron chi connectivity index (χ1n) is 8.23. The molecule has 0 saturated heterocycles. The minimum absolute atomic E-state index is 0.000197. The molecule has 2 amide bonds. The number of aliphatic imine (C=N–C) groups is 1. The van der Waals surface area contributed by atoms with E-state index in [-0.39, 0.29) is 12.6 Å². The Balaban J connectivity index is 1.80. The molecule has 0 bridgehead atoms. The van der Waals surface area contributed by atoms with Crippen LogP contribution in [0.2, 0.25) is 5.02 Å². The summed E-state index contributed by atoms with van der Waals surface area (Å²) in [4.78, 5) is 22.5. The summed E-state index contributed by atoms with van der Waals surface area (Å²) in [7, 11) is 0. The van der Waals surface area contributed by atoms with Gasteiger partial charge in [0.15, 0.2) is 5.82 Å². The fraction of sp³-hybridized carbons (Fsp3) is 0.412. The minimum atomic E-state index is -0.181. The predicted molar refractivity (Wildman–Crippen MR) is 98.5 cm³/mol. The number of amidine groups is 1. The Bertz CT molecular complexity index is 701. The number of fused-ring (bicyclic) bond motifs is 1. The maximum Gasteiger partial charge on any atom is 0.330 e. The second-order valence-electron chi connectivity index (χ2n) is 6.27. The van der Waals surface area contributed by atoms with E-state index in [4.69, 9.17) is 11.6 Å². The fourth-order valence-corrected chi connectivity index (χ4v) is 2.88. The van der Waals surface area contributed by atoms with Gasteiger partial charge in [0.25, 0.3) is 0 Å².